The van der Waals surface area contributed by atoms with Gasteiger partial charge in [0, 0.05) is 48.5 Å². The SMILES string of the molecule is O=C(NCc1c(F)cc(F)cc1F)c1ccc2c(c1)N(Cc1cc(F)cc(F)c1)C(=O)N(C1CC1)C2. The average Bonchev–Trinajstić information content (AvgIpc) is 3.64. The van der Waals surface area contributed by atoms with Gasteiger partial charge in [-0.3, -0.25) is 9.69 Å². The average molecular weight is 501 g/mol. The number of benzene rings is 3. The van der Waals surface area contributed by atoms with Crippen LogP contribution in [-0.4, -0.2) is 22.9 Å². The van der Waals surface area contributed by atoms with Crippen molar-refractivity contribution < 1.29 is 31.5 Å². The molecule has 0 atom stereocenters. The van der Waals surface area contributed by atoms with Crippen molar-refractivity contribution in [2.45, 2.75) is 38.5 Å². The topological polar surface area (TPSA) is 52.7 Å². The number of urea groups is 1. The second-order valence-electron chi connectivity index (χ2n) is 8.88. The molecule has 1 aliphatic heterocycles. The minimum atomic E-state index is -1.13. The van der Waals surface area contributed by atoms with Crippen LogP contribution in [0.2, 0.25) is 0 Å². The van der Waals surface area contributed by atoms with Crippen molar-refractivity contribution in [2.24, 2.45) is 0 Å². The highest BCUT2D eigenvalue weighted by Gasteiger charge is 2.39. The van der Waals surface area contributed by atoms with Gasteiger partial charge in [0.15, 0.2) is 0 Å². The van der Waals surface area contributed by atoms with Crippen molar-refractivity contribution in [3.05, 3.63) is 99.9 Å². The van der Waals surface area contributed by atoms with Crippen LogP contribution in [0.15, 0.2) is 48.5 Å². The van der Waals surface area contributed by atoms with E-state index < -0.39 is 47.1 Å². The zero-order chi connectivity index (χ0) is 25.6. The van der Waals surface area contributed by atoms with Gasteiger partial charge in [-0.2, -0.15) is 0 Å². The first-order chi connectivity index (χ1) is 17.2. The standard InChI is InChI=1S/C26H20F5N3O2/c27-17-5-14(6-18(28)8-17)12-34-24-7-15(1-2-16(24)13-33(26(34)36)20-3-4-20)25(35)32-11-21-22(30)9-19(29)10-23(21)31/h1-2,5-10,20H,3-4,11-13H2,(H,32,35). The van der Waals surface area contributed by atoms with Gasteiger partial charge in [-0.25, -0.2) is 26.7 Å². The molecule has 186 valence electrons. The molecule has 3 aromatic carbocycles. The third-order valence-corrected chi connectivity index (χ3v) is 6.24. The van der Waals surface area contributed by atoms with E-state index in [0.29, 0.717) is 24.4 Å². The van der Waals surface area contributed by atoms with Crippen LogP contribution in [0.3, 0.4) is 0 Å². The van der Waals surface area contributed by atoms with Gasteiger partial charge in [0.1, 0.15) is 29.1 Å². The summed E-state index contributed by atoms with van der Waals surface area (Å²) in [6.07, 6.45) is 1.72. The molecule has 0 unspecified atom stereocenters. The van der Waals surface area contributed by atoms with Crippen LogP contribution in [0.4, 0.5) is 32.4 Å². The third kappa shape index (κ3) is 4.75. The Morgan fingerprint density at radius 1 is 0.889 bits per heavy atom. The lowest BCUT2D eigenvalue weighted by molar-refractivity contribution is 0.0950. The van der Waals surface area contributed by atoms with E-state index >= 15 is 0 Å². The van der Waals surface area contributed by atoms with Gasteiger partial charge in [-0.1, -0.05) is 6.07 Å². The van der Waals surface area contributed by atoms with Crippen molar-refractivity contribution in [1.82, 2.24) is 10.2 Å². The van der Waals surface area contributed by atoms with Gasteiger partial charge in [0.25, 0.3) is 5.91 Å². The van der Waals surface area contributed by atoms with Crippen molar-refractivity contribution in [3.8, 4) is 0 Å². The highest BCUT2D eigenvalue weighted by Crippen LogP contribution is 2.37. The molecule has 0 aromatic heterocycles. The van der Waals surface area contributed by atoms with E-state index in [0.717, 1.165) is 36.6 Å². The first-order valence-corrected chi connectivity index (χ1v) is 11.3. The maximum atomic E-state index is 13.9. The summed E-state index contributed by atoms with van der Waals surface area (Å²) < 4.78 is 68.5. The molecule has 0 radical (unpaired) electrons. The molecule has 1 heterocycles. The minimum Gasteiger partial charge on any atom is -0.348 e. The normalized spacial score (nSPS) is 15.2. The first kappa shape index (κ1) is 23.8. The number of carbonyl (C=O) groups excluding carboxylic acids is 2. The summed E-state index contributed by atoms with van der Waals surface area (Å²) in [5.41, 5.74) is 0.993. The number of hydrogen-bond donors (Lipinski definition) is 1. The molecule has 1 N–H and O–H groups in total. The summed E-state index contributed by atoms with van der Waals surface area (Å²) in [6.45, 7) is -0.323. The van der Waals surface area contributed by atoms with Gasteiger partial charge in [0.2, 0.25) is 0 Å². The number of halogens is 5. The Morgan fingerprint density at radius 2 is 1.53 bits per heavy atom. The van der Waals surface area contributed by atoms with Crippen molar-refractivity contribution >= 4 is 17.6 Å². The van der Waals surface area contributed by atoms with Gasteiger partial charge < -0.3 is 10.2 Å². The molecular weight excluding hydrogens is 481 g/mol. The van der Waals surface area contributed by atoms with Crippen LogP contribution < -0.4 is 10.2 Å². The number of hydrogen-bond acceptors (Lipinski definition) is 2. The molecular formula is C26H20F5N3O2. The quantitative estimate of drug-likeness (QED) is 0.459. The van der Waals surface area contributed by atoms with Crippen LogP contribution in [0.1, 0.15) is 39.9 Å². The van der Waals surface area contributed by atoms with Crippen LogP contribution in [0, 0.1) is 29.1 Å². The number of amides is 3. The number of nitrogens with one attached hydrogen (secondary N) is 1. The Balaban J connectivity index is 1.42. The molecule has 10 heteroatoms. The Hall–Kier alpha value is -3.95. The molecule has 0 bridgehead atoms. The van der Waals surface area contributed by atoms with Gasteiger partial charge in [-0.05, 0) is 48.2 Å². The molecule has 2 aliphatic rings. The number of fused-ring (bicyclic) bond motifs is 1. The fraction of sp³-hybridized carbons (Fsp3) is 0.231. The highest BCUT2D eigenvalue weighted by atomic mass is 19.2. The third-order valence-electron chi connectivity index (χ3n) is 6.24. The Bertz CT molecular complexity index is 1330. The van der Waals surface area contributed by atoms with Crippen LogP contribution in [-0.2, 0) is 19.6 Å². The van der Waals surface area contributed by atoms with E-state index in [1.807, 2.05) is 0 Å². The van der Waals surface area contributed by atoms with Crippen molar-refractivity contribution in [3.63, 3.8) is 0 Å². The molecule has 1 aliphatic carbocycles. The van der Waals surface area contributed by atoms with E-state index in [-0.39, 0.29) is 29.7 Å². The van der Waals surface area contributed by atoms with Crippen LogP contribution in [0.5, 0.6) is 0 Å². The second-order valence-corrected chi connectivity index (χ2v) is 8.88. The second kappa shape index (κ2) is 9.25. The van der Waals surface area contributed by atoms with Gasteiger partial charge >= 0.3 is 6.03 Å². The lowest BCUT2D eigenvalue weighted by Crippen LogP contribution is -2.47. The number of anilines is 1. The molecule has 0 saturated heterocycles. The summed E-state index contributed by atoms with van der Waals surface area (Å²) in [7, 11) is 0. The minimum absolute atomic E-state index is 0.0841. The summed E-state index contributed by atoms with van der Waals surface area (Å²) in [4.78, 5) is 29.1. The highest BCUT2D eigenvalue weighted by molar-refractivity contribution is 5.99. The summed E-state index contributed by atoms with van der Waals surface area (Å²) in [5.74, 6) is -5.55. The molecule has 5 rings (SSSR count). The largest absolute Gasteiger partial charge is 0.348 e. The maximum absolute atomic E-state index is 13.9. The fourth-order valence-electron chi connectivity index (χ4n) is 4.32. The first-order valence-electron chi connectivity index (χ1n) is 11.3. The lowest BCUT2D eigenvalue weighted by Gasteiger charge is -2.37. The monoisotopic (exact) mass is 501 g/mol. The Kier molecular flexibility index (Phi) is 6.11. The van der Waals surface area contributed by atoms with Gasteiger partial charge in [0.05, 0.1) is 12.2 Å². The summed E-state index contributed by atoms with van der Waals surface area (Å²) in [6, 6.07) is 8.44. The van der Waals surface area contributed by atoms with E-state index in [9.17, 15) is 31.5 Å². The number of nitrogens with zero attached hydrogens (tertiary/aromatic N) is 2. The van der Waals surface area contributed by atoms with E-state index in [2.05, 4.69) is 5.32 Å². The fourth-order valence-corrected chi connectivity index (χ4v) is 4.32. The van der Waals surface area contributed by atoms with Crippen molar-refractivity contribution in [2.75, 3.05) is 4.90 Å². The molecule has 1 saturated carbocycles. The van der Waals surface area contributed by atoms with Gasteiger partial charge in [-0.15, -0.1) is 0 Å². The predicted octanol–water partition coefficient (Wildman–Crippen LogP) is 5.42. The Morgan fingerprint density at radius 3 is 2.17 bits per heavy atom. The molecule has 0 spiro atoms. The zero-order valence-electron chi connectivity index (χ0n) is 18.8. The molecule has 3 aromatic rings. The smallest absolute Gasteiger partial charge is 0.325 e. The van der Waals surface area contributed by atoms with E-state index in [1.54, 1.807) is 11.0 Å². The molecule has 3 amide bonds. The summed E-state index contributed by atoms with van der Waals surface area (Å²) >= 11 is 0. The Labute approximate surface area is 203 Å². The number of carbonyl (C=O) groups is 2. The zero-order valence-corrected chi connectivity index (χ0v) is 18.8. The van der Waals surface area contributed by atoms with Crippen molar-refractivity contribution in [1.29, 1.82) is 0 Å². The van der Waals surface area contributed by atoms with E-state index in [4.69, 9.17) is 0 Å². The molecule has 36 heavy (non-hydrogen) atoms. The summed E-state index contributed by atoms with van der Waals surface area (Å²) in [5, 5.41) is 2.40. The molecule has 1 fully saturated rings. The predicted molar refractivity (Wildman–Crippen MR) is 120 cm³/mol. The van der Waals surface area contributed by atoms with Crippen LogP contribution >= 0.6 is 0 Å². The molecule has 5 nitrogen and oxygen atoms in total. The maximum Gasteiger partial charge on any atom is 0.325 e. The van der Waals surface area contributed by atoms with E-state index in [1.165, 1.54) is 17.0 Å². The van der Waals surface area contributed by atoms with Crippen LogP contribution in [0.25, 0.3) is 0 Å². The number of rotatable bonds is 6. The lowest BCUT2D eigenvalue weighted by atomic mass is 10.0.